The Labute approximate surface area is 98.5 Å². The fourth-order valence-electron chi connectivity index (χ4n) is 1.50. The number of rotatable bonds is 3. The molecule has 2 aromatic heterocycles. The van der Waals surface area contributed by atoms with Crippen molar-refractivity contribution in [2.45, 2.75) is 13.5 Å². The minimum absolute atomic E-state index is 0.0967. The third-order valence-corrected chi connectivity index (χ3v) is 2.32. The number of carbonyl (C=O) groups excluding carboxylic acids is 1. The Morgan fingerprint density at radius 1 is 1.59 bits per heavy atom. The van der Waals surface area contributed by atoms with Gasteiger partial charge in [-0.15, -0.1) is 0 Å². The Morgan fingerprint density at radius 3 is 2.88 bits per heavy atom. The fourth-order valence-corrected chi connectivity index (χ4v) is 1.50. The van der Waals surface area contributed by atoms with Crippen LogP contribution in [0.2, 0.25) is 0 Å². The second kappa shape index (κ2) is 4.36. The van der Waals surface area contributed by atoms with E-state index < -0.39 is 0 Å². The number of carbonyl (C=O) groups is 1. The van der Waals surface area contributed by atoms with Crippen molar-refractivity contribution < 1.29 is 4.79 Å². The van der Waals surface area contributed by atoms with Crippen molar-refractivity contribution in [2.24, 2.45) is 7.05 Å². The maximum Gasteiger partial charge on any atom is 0.257 e. The molecular weight excluding hydrogens is 220 g/mol. The number of H-pyrrole nitrogens is 1. The Hall–Kier alpha value is -2.18. The van der Waals surface area contributed by atoms with Gasteiger partial charge in [0, 0.05) is 20.3 Å². The number of nitrogens with one attached hydrogen (secondary N) is 1. The van der Waals surface area contributed by atoms with E-state index in [-0.39, 0.29) is 5.91 Å². The zero-order valence-corrected chi connectivity index (χ0v) is 10.0. The summed E-state index contributed by atoms with van der Waals surface area (Å²) in [5.74, 6) is 1.24. The molecule has 0 saturated heterocycles. The van der Waals surface area contributed by atoms with Crippen LogP contribution in [0.5, 0.6) is 0 Å². The molecule has 0 aliphatic heterocycles. The average Bonchev–Trinajstić information content (AvgIpc) is 2.87. The van der Waals surface area contributed by atoms with Gasteiger partial charge in [0.05, 0.1) is 18.3 Å². The molecule has 1 N–H and O–H groups in total. The number of hydrogen-bond donors (Lipinski definition) is 1. The first-order valence-electron chi connectivity index (χ1n) is 5.18. The summed E-state index contributed by atoms with van der Waals surface area (Å²) in [5, 5.41) is 10.7. The minimum Gasteiger partial charge on any atom is -0.334 e. The molecule has 0 aromatic carbocycles. The maximum atomic E-state index is 12.0. The second-order valence-corrected chi connectivity index (χ2v) is 3.90. The molecule has 2 rings (SSSR count). The quantitative estimate of drug-likeness (QED) is 0.818. The number of amides is 1. The molecule has 17 heavy (non-hydrogen) atoms. The van der Waals surface area contributed by atoms with Crippen molar-refractivity contribution in [3.63, 3.8) is 0 Å². The van der Waals surface area contributed by atoms with Crippen LogP contribution >= 0.6 is 0 Å². The summed E-state index contributed by atoms with van der Waals surface area (Å²) >= 11 is 0. The Balaban J connectivity index is 2.05. The van der Waals surface area contributed by atoms with Gasteiger partial charge in [-0.05, 0) is 6.92 Å². The molecule has 0 fully saturated rings. The highest BCUT2D eigenvalue weighted by molar-refractivity contribution is 5.93. The van der Waals surface area contributed by atoms with Crippen LogP contribution in [0.25, 0.3) is 0 Å². The molecule has 0 atom stereocenters. The van der Waals surface area contributed by atoms with Gasteiger partial charge in [-0.3, -0.25) is 14.6 Å². The zero-order valence-electron chi connectivity index (χ0n) is 10.0. The number of aryl methyl sites for hydroxylation is 2. The molecule has 0 unspecified atom stereocenters. The summed E-state index contributed by atoms with van der Waals surface area (Å²) in [4.78, 5) is 17.7. The molecule has 2 aromatic rings. The number of nitrogens with zero attached hydrogens (tertiary/aromatic N) is 5. The summed E-state index contributed by atoms with van der Waals surface area (Å²) in [6.07, 6.45) is 3.23. The van der Waals surface area contributed by atoms with Gasteiger partial charge in [-0.25, -0.2) is 4.98 Å². The van der Waals surface area contributed by atoms with Crippen molar-refractivity contribution in [2.75, 3.05) is 7.05 Å². The van der Waals surface area contributed by atoms with E-state index in [4.69, 9.17) is 0 Å². The lowest BCUT2D eigenvalue weighted by Gasteiger charge is -2.13. The van der Waals surface area contributed by atoms with Gasteiger partial charge in [-0.2, -0.15) is 10.2 Å². The van der Waals surface area contributed by atoms with E-state index >= 15 is 0 Å². The molecule has 90 valence electrons. The van der Waals surface area contributed by atoms with Crippen molar-refractivity contribution in [3.8, 4) is 0 Å². The third-order valence-electron chi connectivity index (χ3n) is 2.32. The van der Waals surface area contributed by atoms with Gasteiger partial charge >= 0.3 is 0 Å². The SMILES string of the molecule is Cc1nc(CN(C)C(=O)c2cnn(C)c2)n[nH]1. The van der Waals surface area contributed by atoms with Gasteiger partial charge in [0.25, 0.3) is 5.91 Å². The third kappa shape index (κ3) is 2.49. The number of aromatic nitrogens is 5. The van der Waals surface area contributed by atoms with Crippen LogP contribution in [0, 0.1) is 6.92 Å². The summed E-state index contributed by atoms with van der Waals surface area (Å²) in [7, 11) is 3.48. The largest absolute Gasteiger partial charge is 0.334 e. The number of hydrogen-bond acceptors (Lipinski definition) is 4. The Kier molecular flexibility index (Phi) is 2.90. The van der Waals surface area contributed by atoms with E-state index in [0.29, 0.717) is 17.9 Å². The molecule has 0 radical (unpaired) electrons. The van der Waals surface area contributed by atoms with Crippen LogP contribution in [0.3, 0.4) is 0 Å². The summed E-state index contributed by atoms with van der Waals surface area (Å²) in [6, 6.07) is 0. The van der Waals surface area contributed by atoms with Crippen LogP contribution in [-0.2, 0) is 13.6 Å². The summed E-state index contributed by atoms with van der Waals surface area (Å²) < 4.78 is 1.60. The van der Waals surface area contributed by atoms with Gasteiger partial charge in [0.1, 0.15) is 5.82 Å². The van der Waals surface area contributed by atoms with Crippen molar-refractivity contribution in [1.82, 2.24) is 29.9 Å². The monoisotopic (exact) mass is 234 g/mol. The van der Waals surface area contributed by atoms with Crippen LogP contribution in [0.4, 0.5) is 0 Å². The van der Waals surface area contributed by atoms with E-state index in [1.54, 1.807) is 36.1 Å². The van der Waals surface area contributed by atoms with E-state index in [0.717, 1.165) is 5.82 Å². The van der Waals surface area contributed by atoms with E-state index in [1.165, 1.54) is 0 Å². The van der Waals surface area contributed by atoms with Crippen molar-refractivity contribution in [1.29, 1.82) is 0 Å². The van der Waals surface area contributed by atoms with Crippen molar-refractivity contribution in [3.05, 3.63) is 29.6 Å². The highest BCUT2D eigenvalue weighted by Gasteiger charge is 2.15. The molecule has 0 bridgehead atoms. The summed E-state index contributed by atoms with van der Waals surface area (Å²) in [5.41, 5.74) is 0.558. The van der Waals surface area contributed by atoms with Crippen molar-refractivity contribution >= 4 is 5.91 Å². The lowest BCUT2D eigenvalue weighted by molar-refractivity contribution is 0.0781. The zero-order chi connectivity index (χ0) is 12.4. The van der Waals surface area contributed by atoms with E-state index in [9.17, 15) is 4.79 Å². The predicted octanol–water partition coefficient (Wildman–Crippen LogP) is 0.119. The Morgan fingerprint density at radius 2 is 2.35 bits per heavy atom. The Bertz CT molecular complexity index is 528. The standard InChI is InChI=1S/C10H14N6O/c1-7-12-9(14-13-7)6-15(2)10(17)8-4-11-16(3)5-8/h4-5H,6H2,1-3H3,(H,12,13,14). The first-order chi connectivity index (χ1) is 8.06. The smallest absolute Gasteiger partial charge is 0.257 e. The highest BCUT2D eigenvalue weighted by atomic mass is 16.2. The lowest BCUT2D eigenvalue weighted by atomic mass is 10.3. The van der Waals surface area contributed by atoms with Gasteiger partial charge in [0.2, 0.25) is 0 Å². The fraction of sp³-hybridized carbons (Fsp3) is 0.400. The lowest BCUT2D eigenvalue weighted by Crippen LogP contribution is -2.26. The molecule has 0 aliphatic rings. The first kappa shape index (κ1) is 11.3. The molecule has 1 amide bonds. The molecule has 0 aliphatic carbocycles. The maximum absolute atomic E-state index is 12.0. The number of aromatic amines is 1. The second-order valence-electron chi connectivity index (χ2n) is 3.90. The molecule has 7 nitrogen and oxygen atoms in total. The molecule has 2 heterocycles. The van der Waals surface area contributed by atoms with Gasteiger partial charge < -0.3 is 4.90 Å². The van der Waals surface area contributed by atoms with E-state index in [1.807, 2.05) is 6.92 Å². The molecule has 0 saturated carbocycles. The average molecular weight is 234 g/mol. The molecule has 0 spiro atoms. The summed E-state index contributed by atoms with van der Waals surface area (Å²) in [6.45, 7) is 2.19. The van der Waals surface area contributed by atoms with Crippen LogP contribution in [0.15, 0.2) is 12.4 Å². The van der Waals surface area contributed by atoms with Gasteiger partial charge in [0.15, 0.2) is 5.82 Å². The topological polar surface area (TPSA) is 79.7 Å². The normalized spacial score (nSPS) is 10.5. The predicted molar refractivity (Wildman–Crippen MR) is 60.1 cm³/mol. The molecule has 7 heteroatoms. The van der Waals surface area contributed by atoms with E-state index in [2.05, 4.69) is 20.3 Å². The molecular formula is C10H14N6O. The van der Waals surface area contributed by atoms with Crippen LogP contribution < -0.4 is 0 Å². The van der Waals surface area contributed by atoms with Gasteiger partial charge in [-0.1, -0.05) is 0 Å². The first-order valence-corrected chi connectivity index (χ1v) is 5.18. The van der Waals surface area contributed by atoms with Crippen LogP contribution in [0.1, 0.15) is 22.0 Å². The highest BCUT2D eigenvalue weighted by Crippen LogP contribution is 2.04. The van der Waals surface area contributed by atoms with Crippen LogP contribution in [-0.4, -0.2) is 42.8 Å². The minimum atomic E-state index is -0.0967.